The van der Waals surface area contributed by atoms with Crippen molar-refractivity contribution in [3.05, 3.63) is 29.3 Å². The molecule has 3 nitrogen and oxygen atoms in total. The number of benzene rings is 1. The number of nitrogens with zero attached hydrogens (tertiary/aromatic N) is 1. The van der Waals surface area contributed by atoms with Crippen LogP contribution in [0.2, 0.25) is 5.02 Å². The summed E-state index contributed by atoms with van der Waals surface area (Å²) in [7, 11) is 0. The highest BCUT2D eigenvalue weighted by molar-refractivity contribution is 6.30. The quantitative estimate of drug-likeness (QED) is 0.886. The molecule has 0 radical (unpaired) electrons. The van der Waals surface area contributed by atoms with Gasteiger partial charge < -0.3 is 10.0 Å². The third-order valence-electron chi connectivity index (χ3n) is 3.11. The van der Waals surface area contributed by atoms with E-state index in [9.17, 15) is 9.18 Å². The molecule has 1 fully saturated rings. The minimum absolute atomic E-state index is 0.00878. The second kappa shape index (κ2) is 4.53. The van der Waals surface area contributed by atoms with E-state index in [2.05, 4.69) is 0 Å². The van der Waals surface area contributed by atoms with Crippen LogP contribution in [0.4, 0.5) is 10.1 Å². The van der Waals surface area contributed by atoms with Crippen molar-refractivity contribution in [1.82, 2.24) is 0 Å². The number of piperidine rings is 1. The minimum atomic E-state index is -2.07. The van der Waals surface area contributed by atoms with Crippen molar-refractivity contribution in [1.29, 1.82) is 0 Å². The third kappa shape index (κ3) is 2.52. The summed E-state index contributed by atoms with van der Waals surface area (Å²) in [6, 6.07) is 7.28. The first kappa shape index (κ1) is 12.2. The molecule has 1 N–H and O–H groups in total. The first-order valence-electron chi connectivity index (χ1n) is 5.44. The number of carboxylic acid groups (broad SMARTS) is 1. The van der Waals surface area contributed by atoms with Crippen molar-refractivity contribution in [2.75, 3.05) is 18.0 Å². The fraction of sp³-hybridized carbons (Fsp3) is 0.417. The molecule has 0 unspecified atom stereocenters. The van der Waals surface area contributed by atoms with Crippen molar-refractivity contribution in [2.45, 2.75) is 18.5 Å². The maximum atomic E-state index is 13.8. The maximum Gasteiger partial charge on any atom is 0.341 e. The average molecular weight is 258 g/mol. The zero-order chi connectivity index (χ0) is 12.5. The Labute approximate surface area is 104 Å². The van der Waals surface area contributed by atoms with E-state index >= 15 is 0 Å². The van der Waals surface area contributed by atoms with Gasteiger partial charge in [-0.05, 0) is 18.2 Å². The van der Waals surface area contributed by atoms with Crippen LogP contribution in [-0.4, -0.2) is 29.8 Å². The molecular weight excluding hydrogens is 245 g/mol. The second-order valence-electron chi connectivity index (χ2n) is 4.24. The van der Waals surface area contributed by atoms with Gasteiger partial charge in [-0.15, -0.1) is 0 Å². The molecule has 0 saturated carbocycles. The van der Waals surface area contributed by atoms with Crippen molar-refractivity contribution in [2.24, 2.45) is 0 Å². The summed E-state index contributed by atoms with van der Waals surface area (Å²) in [4.78, 5) is 12.7. The van der Waals surface area contributed by atoms with Crippen LogP contribution in [0.25, 0.3) is 0 Å². The molecule has 1 aliphatic heterocycles. The monoisotopic (exact) mass is 257 g/mol. The van der Waals surface area contributed by atoms with Crippen LogP contribution < -0.4 is 4.90 Å². The van der Waals surface area contributed by atoms with Gasteiger partial charge in [0.15, 0.2) is 0 Å². The molecule has 0 atom stereocenters. The largest absolute Gasteiger partial charge is 0.479 e. The molecule has 1 aromatic rings. The molecule has 5 heteroatoms. The molecule has 0 spiro atoms. The fourth-order valence-electron chi connectivity index (χ4n) is 2.01. The van der Waals surface area contributed by atoms with Gasteiger partial charge in [-0.2, -0.15) is 0 Å². The lowest BCUT2D eigenvalue weighted by Gasteiger charge is -2.35. The Morgan fingerprint density at radius 1 is 1.41 bits per heavy atom. The van der Waals surface area contributed by atoms with Crippen LogP contribution in [0.3, 0.4) is 0 Å². The van der Waals surface area contributed by atoms with Crippen LogP contribution in [0.1, 0.15) is 12.8 Å². The smallest absolute Gasteiger partial charge is 0.341 e. The van der Waals surface area contributed by atoms with E-state index in [4.69, 9.17) is 16.7 Å². The van der Waals surface area contributed by atoms with Crippen molar-refractivity contribution >= 4 is 23.3 Å². The SMILES string of the molecule is O=C(O)C1(F)CCN(c2cccc(Cl)c2)CC1. The summed E-state index contributed by atoms with van der Waals surface area (Å²) in [5, 5.41) is 9.41. The van der Waals surface area contributed by atoms with Gasteiger partial charge in [-0.1, -0.05) is 17.7 Å². The highest BCUT2D eigenvalue weighted by Crippen LogP contribution is 2.30. The third-order valence-corrected chi connectivity index (χ3v) is 3.35. The van der Waals surface area contributed by atoms with Crippen LogP contribution in [0, 0.1) is 0 Å². The number of carboxylic acids is 1. The molecule has 0 aliphatic carbocycles. The summed E-state index contributed by atoms with van der Waals surface area (Å²) >= 11 is 5.88. The zero-order valence-electron chi connectivity index (χ0n) is 9.20. The van der Waals surface area contributed by atoms with E-state index in [1.165, 1.54) is 0 Å². The van der Waals surface area contributed by atoms with Crippen molar-refractivity contribution in [3.8, 4) is 0 Å². The molecule has 1 saturated heterocycles. The van der Waals surface area contributed by atoms with Gasteiger partial charge in [0.1, 0.15) is 0 Å². The van der Waals surface area contributed by atoms with Gasteiger partial charge in [-0.3, -0.25) is 0 Å². The van der Waals surface area contributed by atoms with Gasteiger partial charge >= 0.3 is 5.97 Å². The molecule has 0 bridgehead atoms. The number of hydrogen-bond donors (Lipinski definition) is 1. The van der Waals surface area contributed by atoms with E-state index in [-0.39, 0.29) is 12.8 Å². The van der Waals surface area contributed by atoms with Crippen molar-refractivity contribution < 1.29 is 14.3 Å². The second-order valence-corrected chi connectivity index (χ2v) is 4.67. The van der Waals surface area contributed by atoms with Crippen LogP contribution in [0.5, 0.6) is 0 Å². The maximum absolute atomic E-state index is 13.8. The first-order chi connectivity index (χ1) is 8.01. The van der Waals surface area contributed by atoms with Gasteiger partial charge in [0.2, 0.25) is 5.67 Å². The minimum Gasteiger partial charge on any atom is -0.479 e. The molecule has 2 rings (SSSR count). The zero-order valence-corrected chi connectivity index (χ0v) is 9.95. The lowest BCUT2D eigenvalue weighted by molar-refractivity contribution is -0.152. The van der Waals surface area contributed by atoms with Gasteiger partial charge in [-0.25, -0.2) is 9.18 Å². The molecular formula is C12H13ClFNO2. The fourth-order valence-corrected chi connectivity index (χ4v) is 2.19. The van der Waals surface area contributed by atoms with Gasteiger partial charge in [0.25, 0.3) is 0 Å². The Morgan fingerprint density at radius 2 is 2.06 bits per heavy atom. The van der Waals surface area contributed by atoms with Crippen molar-refractivity contribution in [3.63, 3.8) is 0 Å². The molecule has 0 aromatic heterocycles. The van der Waals surface area contributed by atoms with Gasteiger partial charge in [0.05, 0.1) is 0 Å². The number of aliphatic carboxylic acids is 1. The van der Waals surface area contributed by atoms with Crippen LogP contribution in [0.15, 0.2) is 24.3 Å². The lowest BCUT2D eigenvalue weighted by Crippen LogP contribution is -2.46. The highest BCUT2D eigenvalue weighted by Gasteiger charge is 2.41. The summed E-state index contributed by atoms with van der Waals surface area (Å²) < 4.78 is 13.8. The molecule has 92 valence electrons. The number of anilines is 1. The summed E-state index contributed by atoms with van der Waals surface area (Å²) in [5.74, 6) is -1.36. The van der Waals surface area contributed by atoms with E-state index in [0.29, 0.717) is 18.1 Å². The van der Waals surface area contributed by atoms with E-state index in [1.807, 2.05) is 17.0 Å². The van der Waals surface area contributed by atoms with Crippen LogP contribution in [-0.2, 0) is 4.79 Å². The van der Waals surface area contributed by atoms with E-state index < -0.39 is 11.6 Å². The Morgan fingerprint density at radius 3 is 2.59 bits per heavy atom. The number of halogens is 2. The number of rotatable bonds is 2. The standard InChI is InChI=1S/C12H13ClFNO2/c13-9-2-1-3-10(8-9)15-6-4-12(14,5-7-15)11(16)17/h1-3,8H,4-7H2,(H,16,17). The average Bonchev–Trinajstić information content (AvgIpc) is 2.30. The lowest BCUT2D eigenvalue weighted by atomic mass is 9.93. The Balaban J connectivity index is 2.07. The first-order valence-corrected chi connectivity index (χ1v) is 5.82. The van der Waals surface area contributed by atoms with Crippen LogP contribution >= 0.6 is 11.6 Å². The Hall–Kier alpha value is -1.29. The van der Waals surface area contributed by atoms with Gasteiger partial charge in [0, 0.05) is 36.6 Å². The molecule has 1 heterocycles. The van der Waals surface area contributed by atoms with E-state index in [1.54, 1.807) is 12.1 Å². The Bertz CT molecular complexity index is 430. The topological polar surface area (TPSA) is 40.5 Å². The normalized spacial score (nSPS) is 19.1. The summed E-state index contributed by atoms with van der Waals surface area (Å²) in [6.07, 6.45) is 0.0176. The molecule has 1 aromatic carbocycles. The van der Waals surface area contributed by atoms with E-state index in [0.717, 1.165) is 5.69 Å². The molecule has 17 heavy (non-hydrogen) atoms. The summed E-state index contributed by atoms with van der Waals surface area (Å²) in [5.41, 5.74) is -1.17. The summed E-state index contributed by atoms with van der Waals surface area (Å²) in [6.45, 7) is 0.784. The highest BCUT2D eigenvalue weighted by atomic mass is 35.5. The molecule has 0 amide bonds. The predicted octanol–water partition coefficient (Wildman–Crippen LogP) is 2.73. The Kier molecular flexibility index (Phi) is 3.24. The number of hydrogen-bond acceptors (Lipinski definition) is 2. The number of alkyl halides is 1. The molecule has 1 aliphatic rings. The number of carbonyl (C=O) groups is 1. The predicted molar refractivity (Wildman–Crippen MR) is 64.4 cm³/mol.